The van der Waals surface area contributed by atoms with E-state index in [9.17, 15) is 0 Å². The van der Waals surface area contributed by atoms with E-state index in [1.54, 1.807) is 0 Å². The van der Waals surface area contributed by atoms with Gasteiger partial charge in [-0.1, -0.05) is 0 Å². The minimum Gasteiger partial charge on any atom is -0.366 e. The van der Waals surface area contributed by atoms with E-state index >= 15 is 0 Å². The lowest BCUT2D eigenvalue weighted by molar-refractivity contribution is 0.178. The fourth-order valence-corrected chi connectivity index (χ4v) is 1.60. The highest BCUT2D eigenvalue weighted by Gasteiger charge is 2.12. The third-order valence-electron chi connectivity index (χ3n) is 2.21. The smallest absolute Gasteiger partial charge is 0.166 e. The lowest BCUT2D eigenvalue weighted by Gasteiger charge is -2.30. The van der Waals surface area contributed by atoms with Crippen molar-refractivity contribution in [1.29, 1.82) is 0 Å². The molecule has 0 aliphatic heterocycles. The molecule has 0 fully saturated rings. The molecule has 0 aromatic rings. The highest BCUT2D eigenvalue weighted by molar-refractivity contribution is 7.80. The highest BCUT2D eigenvalue weighted by atomic mass is 32.1. The first-order valence-corrected chi connectivity index (χ1v) is 5.61. The molecule has 4 heteroatoms. The average Bonchev–Trinajstić information content (AvgIpc) is 2.10. The first-order chi connectivity index (χ1) is 6.49. The van der Waals surface area contributed by atoms with Gasteiger partial charge < -0.3 is 10.6 Å². The third kappa shape index (κ3) is 5.40. The van der Waals surface area contributed by atoms with Crippen molar-refractivity contribution in [1.82, 2.24) is 15.5 Å². The monoisotopic (exact) mass is 217 g/mol. The molecule has 0 spiro atoms. The molecule has 0 atom stereocenters. The minimum absolute atomic E-state index is 0.583. The van der Waals surface area contributed by atoms with Gasteiger partial charge in [-0.15, -0.1) is 0 Å². The van der Waals surface area contributed by atoms with Crippen LogP contribution >= 0.6 is 12.2 Å². The van der Waals surface area contributed by atoms with Crippen LogP contribution in [0.5, 0.6) is 0 Å². The predicted molar refractivity (Wildman–Crippen MR) is 66.6 cm³/mol. The van der Waals surface area contributed by atoms with Gasteiger partial charge in [0.15, 0.2) is 5.11 Å². The van der Waals surface area contributed by atoms with Crippen molar-refractivity contribution in [2.45, 2.75) is 39.8 Å². The molecule has 0 unspecified atom stereocenters. The van der Waals surface area contributed by atoms with Crippen molar-refractivity contribution in [3.8, 4) is 0 Å². The van der Waals surface area contributed by atoms with Gasteiger partial charge in [0.05, 0.1) is 0 Å². The topological polar surface area (TPSA) is 27.3 Å². The Hall–Kier alpha value is -0.350. The van der Waals surface area contributed by atoms with Crippen LogP contribution in [-0.2, 0) is 0 Å². The second-order valence-corrected chi connectivity index (χ2v) is 4.34. The summed E-state index contributed by atoms with van der Waals surface area (Å²) in [6, 6.07) is 1.17. The Morgan fingerprint density at radius 2 is 1.71 bits per heavy atom. The van der Waals surface area contributed by atoms with Crippen LogP contribution < -0.4 is 10.6 Å². The second-order valence-electron chi connectivity index (χ2n) is 3.93. The van der Waals surface area contributed by atoms with Crippen molar-refractivity contribution < 1.29 is 0 Å². The number of nitrogens with zero attached hydrogens (tertiary/aromatic N) is 1. The van der Waals surface area contributed by atoms with E-state index in [-0.39, 0.29) is 0 Å². The Balaban J connectivity index is 3.78. The average molecular weight is 217 g/mol. The zero-order chi connectivity index (χ0) is 11.1. The summed E-state index contributed by atoms with van der Waals surface area (Å²) in [7, 11) is 1.83. The number of hydrogen-bond acceptors (Lipinski definition) is 2. The van der Waals surface area contributed by atoms with E-state index in [4.69, 9.17) is 12.2 Å². The van der Waals surface area contributed by atoms with Gasteiger partial charge in [0, 0.05) is 32.2 Å². The molecule has 0 aromatic heterocycles. The third-order valence-corrected chi connectivity index (χ3v) is 2.56. The summed E-state index contributed by atoms with van der Waals surface area (Å²) >= 11 is 5.00. The fourth-order valence-electron chi connectivity index (χ4n) is 1.50. The van der Waals surface area contributed by atoms with Crippen molar-refractivity contribution in [2.75, 3.05) is 20.1 Å². The lowest BCUT2D eigenvalue weighted by atomic mass is 10.2. The van der Waals surface area contributed by atoms with Crippen LogP contribution in [0.1, 0.15) is 27.7 Å². The van der Waals surface area contributed by atoms with Crippen molar-refractivity contribution in [3.05, 3.63) is 0 Å². The predicted octanol–water partition coefficient (Wildman–Crippen LogP) is 1.20. The summed E-state index contributed by atoms with van der Waals surface area (Å²) in [6.07, 6.45) is 0. The molecule has 0 saturated heterocycles. The van der Waals surface area contributed by atoms with Crippen molar-refractivity contribution >= 4 is 17.3 Å². The van der Waals surface area contributed by atoms with Gasteiger partial charge in [0.25, 0.3) is 0 Å². The molecule has 0 aliphatic carbocycles. The number of hydrogen-bond donors (Lipinski definition) is 2. The van der Waals surface area contributed by atoms with E-state index < -0.39 is 0 Å². The molecular weight excluding hydrogens is 194 g/mol. The minimum atomic E-state index is 0.583. The summed E-state index contributed by atoms with van der Waals surface area (Å²) in [5.41, 5.74) is 0. The highest BCUT2D eigenvalue weighted by Crippen LogP contribution is 2.02. The summed E-state index contributed by atoms with van der Waals surface area (Å²) < 4.78 is 0. The van der Waals surface area contributed by atoms with Crippen LogP contribution in [0.2, 0.25) is 0 Å². The molecule has 0 rings (SSSR count). The molecular formula is C10H23N3S. The number of rotatable bonds is 5. The Morgan fingerprint density at radius 1 is 1.21 bits per heavy atom. The van der Waals surface area contributed by atoms with E-state index in [2.05, 4.69) is 43.2 Å². The molecule has 0 bridgehead atoms. The maximum absolute atomic E-state index is 5.00. The maximum atomic E-state index is 5.00. The molecule has 0 radical (unpaired) electrons. The standard InChI is InChI=1S/C10H23N3S/c1-8(2)13(9(3)4)7-6-12-10(14)11-5/h8-9H,6-7H2,1-5H3,(H2,11,12,14). The van der Waals surface area contributed by atoms with Gasteiger partial charge >= 0.3 is 0 Å². The van der Waals surface area contributed by atoms with E-state index in [1.807, 2.05) is 7.05 Å². The van der Waals surface area contributed by atoms with Crippen molar-refractivity contribution in [3.63, 3.8) is 0 Å². The second kappa shape index (κ2) is 7.01. The summed E-state index contributed by atoms with van der Waals surface area (Å²) in [5.74, 6) is 0. The first kappa shape index (κ1) is 13.7. The summed E-state index contributed by atoms with van der Waals surface area (Å²) in [6.45, 7) is 10.8. The Bertz CT molecular complexity index is 161. The van der Waals surface area contributed by atoms with Crippen molar-refractivity contribution in [2.24, 2.45) is 0 Å². The maximum Gasteiger partial charge on any atom is 0.166 e. The quantitative estimate of drug-likeness (QED) is 0.677. The molecule has 0 aromatic carbocycles. The van der Waals surface area contributed by atoms with E-state index in [0.717, 1.165) is 18.2 Å². The van der Waals surface area contributed by atoms with E-state index in [1.165, 1.54) is 0 Å². The lowest BCUT2D eigenvalue weighted by Crippen LogP contribution is -2.44. The van der Waals surface area contributed by atoms with Gasteiger partial charge in [0.2, 0.25) is 0 Å². The molecule has 0 heterocycles. The van der Waals surface area contributed by atoms with Gasteiger partial charge in [-0.2, -0.15) is 0 Å². The molecule has 0 aliphatic rings. The van der Waals surface area contributed by atoms with Crippen LogP contribution in [0.3, 0.4) is 0 Å². The van der Waals surface area contributed by atoms with Crippen LogP contribution in [0.4, 0.5) is 0 Å². The molecule has 3 nitrogen and oxygen atoms in total. The van der Waals surface area contributed by atoms with Crippen LogP contribution in [0, 0.1) is 0 Å². The number of thiocarbonyl (C=S) groups is 1. The summed E-state index contributed by atoms with van der Waals surface area (Å²) in [5, 5.41) is 6.77. The van der Waals surface area contributed by atoms with Crippen LogP contribution in [0.15, 0.2) is 0 Å². The Morgan fingerprint density at radius 3 is 2.07 bits per heavy atom. The molecule has 2 N–H and O–H groups in total. The molecule has 14 heavy (non-hydrogen) atoms. The van der Waals surface area contributed by atoms with E-state index in [0.29, 0.717) is 12.1 Å². The molecule has 0 amide bonds. The molecule has 0 saturated carbocycles. The Labute approximate surface area is 93.2 Å². The van der Waals surface area contributed by atoms with Crippen LogP contribution in [-0.4, -0.2) is 42.2 Å². The zero-order valence-electron chi connectivity index (χ0n) is 9.92. The van der Waals surface area contributed by atoms with Crippen LogP contribution in [0.25, 0.3) is 0 Å². The number of nitrogens with one attached hydrogen (secondary N) is 2. The largest absolute Gasteiger partial charge is 0.366 e. The van der Waals surface area contributed by atoms with Gasteiger partial charge in [-0.05, 0) is 39.9 Å². The van der Waals surface area contributed by atoms with Gasteiger partial charge in [0.1, 0.15) is 0 Å². The summed E-state index contributed by atoms with van der Waals surface area (Å²) in [4.78, 5) is 2.44. The van der Waals surface area contributed by atoms with Gasteiger partial charge in [-0.3, -0.25) is 4.90 Å². The SMILES string of the molecule is CNC(=S)NCCN(C(C)C)C(C)C. The first-order valence-electron chi connectivity index (χ1n) is 5.20. The normalized spacial score (nSPS) is 11.1. The molecule has 84 valence electrons. The zero-order valence-corrected chi connectivity index (χ0v) is 10.7. The fraction of sp³-hybridized carbons (Fsp3) is 0.900. The van der Waals surface area contributed by atoms with Gasteiger partial charge in [-0.25, -0.2) is 0 Å². The Kier molecular flexibility index (Phi) is 6.83.